The molecule has 1 aliphatic carbocycles. The quantitative estimate of drug-likeness (QED) is 0.564. The maximum Gasteiger partial charge on any atom is 0.182 e. The Morgan fingerprint density at radius 2 is 2.00 bits per heavy atom. The molecule has 1 aliphatic heterocycles. The summed E-state index contributed by atoms with van der Waals surface area (Å²) in [5.41, 5.74) is 1.62. The van der Waals surface area contributed by atoms with Gasteiger partial charge in [0.2, 0.25) is 0 Å². The fraction of sp³-hybridized carbons (Fsp3) is 0.0714. The van der Waals surface area contributed by atoms with Gasteiger partial charge in [-0.25, -0.2) is 0 Å². The van der Waals surface area contributed by atoms with Crippen LogP contribution in [0.2, 0.25) is 0 Å². The Kier molecular flexibility index (Phi) is 2.52. The predicted octanol–water partition coefficient (Wildman–Crippen LogP) is 2.87. The molecule has 1 aromatic rings. The molecule has 3 rings (SSSR count). The van der Waals surface area contributed by atoms with Crippen LogP contribution >= 0.6 is 0 Å². The zero-order chi connectivity index (χ0) is 13.4. The number of phenolic OH excluding ortho intramolecular Hbond substituents is 1. The number of hydrogen-bond donors (Lipinski definition) is 1. The van der Waals surface area contributed by atoms with Gasteiger partial charge in [-0.3, -0.25) is 4.79 Å². The second kappa shape index (κ2) is 4.20. The van der Waals surface area contributed by atoms with Gasteiger partial charge in [0, 0.05) is 17.0 Å². The van der Waals surface area contributed by atoms with E-state index in [1.165, 1.54) is 24.3 Å². The van der Waals surface area contributed by atoms with Crippen molar-refractivity contribution in [3.8, 4) is 17.1 Å². The molecule has 0 aromatic heterocycles. The van der Waals surface area contributed by atoms with E-state index in [-0.39, 0.29) is 17.7 Å². The van der Waals surface area contributed by atoms with Crippen molar-refractivity contribution >= 4 is 11.0 Å². The van der Waals surface area contributed by atoms with Crippen molar-refractivity contribution in [2.45, 2.75) is 6.54 Å². The lowest BCUT2D eigenvalue weighted by atomic mass is 9.99. The van der Waals surface area contributed by atoms with Crippen LogP contribution in [0.5, 0.6) is 5.75 Å². The molecular weight excluding hydrogens is 246 g/mol. The molecule has 94 valence electrons. The first-order valence-electron chi connectivity index (χ1n) is 5.66. The Morgan fingerprint density at radius 1 is 1.16 bits per heavy atom. The van der Waals surface area contributed by atoms with Gasteiger partial charge in [-0.2, -0.15) is 4.91 Å². The molecule has 5 heteroatoms. The van der Waals surface area contributed by atoms with Gasteiger partial charge in [0.25, 0.3) is 0 Å². The van der Waals surface area contributed by atoms with E-state index in [0.29, 0.717) is 27.9 Å². The minimum atomic E-state index is -0.167. The number of rotatable bonds is 2. The van der Waals surface area contributed by atoms with Gasteiger partial charge < -0.3 is 9.52 Å². The topological polar surface area (TPSA) is 79.9 Å². The van der Waals surface area contributed by atoms with Crippen molar-refractivity contribution in [3.63, 3.8) is 0 Å². The van der Waals surface area contributed by atoms with Gasteiger partial charge in [-0.1, -0.05) is 5.18 Å². The van der Waals surface area contributed by atoms with Crippen LogP contribution in [0, 0.1) is 4.91 Å². The molecule has 0 bridgehead atoms. The third-order valence-electron chi connectivity index (χ3n) is 3.01. The largest absolute Gasteiger partial charge is 0.508 e. The Hall–Kier alpha value is -2.69. The van der Waals surface area contributed by atoms with E-state index in [2.05, 4.69) is 5.18 Å². The molecule has 0 amide bonds. The third kappa shape index (κ3) is 1.85. The third-order valence-corrected chi connectivity index (χ3v) is 3.01. The first-order chi connectivity index (χ1) is 9.19. The maximum absolute atomic E-state index is 11.4. The van der Waals surface area contributed by atoms with E-state index >= 15 is 0 Å². The lowest BCUT2D eigenvalue weighted by Gasteiger charge is -2.12. The van der Waals surface area contributed by atoms with Gasteiger partial charge in [0.1, 0.15) is 23.6 Å². The second-order valence-corrected chi connectivity index (χ2v) is 4.21. The van der Waals surface area contributed by atoms with Crippen molar-refractivity contribution in [2.75, 3.05) is 0 Å². The van der Waals surface area contributed by atoms with Crippen molar-refractivity contribution in [2.24, 2.45) is 5.18 Å². The first-order valence-corrected chi connectivity index (χ1v) is 5.66. The minimum absolute atomic E-state index is 0.0506. The number of nitroso groups, excluding NO2 is 1. The van der Waals surface area contributed by atoms with Gasteiger partial charge in [-0.15, -0.1) is 0 Å². The zero-order valence-corrected chi connectivity index (χ0v) is 9.79. The van der Waals surface area contributed by atoms with Crippen LogP contribution in [-0.4, -0.2) is 5.11 Å². The van der Waals surface area contributed by atoms with Crippen LogP contribution in [0.4, 0.5) is 0 Å². The van der Waals surface area contributed by atoms with Gasteiger partial charge >= 0.3 is 0 Å². The molecule has 5 nitrogen and oxygen atoms in total. The number of hydrogen-bond acceptors (Lipinski definition) is 5. The normalized spacial score (nSPS) is 10.9. The highest BCUT2D eigenvalue weighted by Crippen LogP contribution is 2.34. The summed E-state index contributed by atoms with van der Waals surface area (Å²) < 4.78 is 5.61. The number of nitrogens with zero attached hydrogens (tertiary/aromatic N) is 1. The molecule has 1 aromatic carbocycles. The van der Waals surface area contributed by atoms with Crippen molar-refractivity contribution in [3.05, 3.63) is 57.1 Å². The zero-order valence-electron chi connectivity index (χ0n) is 9.79. The first kappa shape index (κ1) is 11.4. The Balaban J connectivity index is 2.49. The molecule has 0 saturated carbocycles. The molecule has 0 unspecified atom stereocenters. The van der Waals surface area contributed by atoms with Crippen molar-refractivity contribution < 1.29 is 9.52 Å². The van der Waals surface area contributed by atoms with Crippen molar-refractivity contribution in [1.82, 2.24) is 0 Å². The van der Waals surface area contributed by atoms with Crippen LogP contribution in [0.25, 0.3) is 22.3 Å². The van der Waals surface area contributed by atoms with Crippen LogP contribution in [-0.2, 0) is 6.54 Å². The number of fused-ring (bicyclic) bond motifs is 2. The molecule has 1 N–H and O–H groups in total. The molecule has 0 saturated heterocycles. The monoisotopic (exact) mass is 255 g/mol. The van der Waals surface area contributed by atoms with E-state index in [1.807, 2.05) is 0 Å². The smallest absolute Gasteiger partial charge is 0.182 e. The molecule has 19 heavy (non-hydrogen) atoms. The Morgan fingerprint density at radius 3 is 2.79 bits per heavy atom. The lowest BCUT2D eigenvalue weighted by Crippen LogP contribution is -2.00. The van der Waals surface area contributed by atoms with Gasteiger partial charge in [0.05, 0.1) is 0 Å². The van der Waals surface area contributed by atoms with Crippen LogP contribution in [0.15, 0.2) is 50.8 Å². The standard InChI is InChI=1S/C14H9NO4/c16-8-2-4-13-11(5-8)12(7-15-18)10-3-1-9(17)6-14(10)19-13/h1-6,16H,7H2. The summed E-state index contributed by atoms with van der Waals surface area (Å²) >= 11 is 0. The van der Waals surface area contributed by atoms with E-state index in [9.17, 15) is 14.8 Å². The molecule has 2 aliphatic rings. The van der Waals surface area contributed by atoms with Crippen molar-refractivity contribution in [1.29, 1.82) is 0 Å². The summed E-state index contributed by atoms with van der Waals surface area (Å²) in [5, 5.41) is 13.1. The summed E-state index contributed by atoms with van der Waals surface area (Å²) in [6, 6.07) is 8.97. The Bertz CT molecular complexity index is 806. The summed E-state index contributed by atoms with van der Waals surface area (Å²) in [6.07, 6.45) is 0. The summed E-state index contributed by atoms with van der Waals surface area (Å²) in [5.74, 6) is 0.485. The summed E-state index contributed by atoms with van der Waals surface area (Å²) in [7, 11) is 0. The predicted molar refractivity (Wildman–Crippen MR) is 70.3 cm³/mol. The van der Waals surface area contributed by atoms with Gasteiger partial charge in [0.15, 0.2) is 5.43 Å². The maximum atomic E-state index is 11.4. The minimum Gasteiger partial charge on any atom is -0.508 e. The van der Waals surface area contributed by atoms with E-state index in [1.54, 1.807) is 12.1 Å². The molecule has 0 radical (unpaired) electrons. The highest BCUT2D eigenvalue weighted by atomic mass is 16.3. The average Bonchev–Trinajstić information content (AvgIpc) is 2.39. The highest BCUT2D eigenvalue weighted by Gasteiger charge is 2.16. The van der Waals surface area contributed by atoms with E-state index in [0.717, 1.165) is 0 Å². The summed E-state index contributed by atoms with van der Waals surface area (Å²) in [4.78, 5) is 22.0. The average molecular weight is 255 g/mol. The molecule has 0 spiro atoms. The van der Waals surface area contributed by atoms with Crippen LogP contribution in [0.1, 0.15) is 5.56 Å². The second-order valence-electron chi connectivity index (χ2n) is 4.21. The van der Waals surface area contributed by atoms with E-state index in [4.69, 9.17) is 4.42 Å². The number of benzene rings is 2. The fourth-order valence-corrected chi connectivity index (χ4v) is 2.18. The summed E-state index contributed by atoms with van der Waals surface area (Å²) in [6.45, 7) is -0.0506. The van der Waals surface area contributed by atoms with Crippen LogP contribution < -0.4 is 5.43 Å². The highest BCUT2D eigenvalue weighted by molar-refractivity contribution is 5.88. The molecule has 1 heterocycles. The fourth-order valence-electron chi connectivity index (χ4n) is 2.18. The molecule has 0 atom stereocenters. The molecular formula is C14H9NO4. The SMILES string of the molecule is O=NCc1c2ccc(=O)cc-2oc2ccc(O)cc12. The lowest BCUT2D eigenvalue weighted by molar-refractivity contribution is 0.475. The van der Waals surface area contributed by atoms with Crippen LogP contribution in [0.3, 0.4) is 0 Å². The molecule has 0 fully saturated rings. The number of phenols is 1. The van der Waals surface area contributed by atoms with Gasteiger partial charge in [-0.05, 0) is 35.9 Å². The Labute approximate surface area is 107 Å². The van der Waals surface area contributed by atoms with E-state index < -0.39 is 0 Å². The number of aromatic hydroxyl groups is 1.